The van der Waals surface area contributed by atoms with Gasteiger partial charge in [-0.05, 0) is 37.4 Å². The summed E-state index contributed by atoms with van der Waals surface area (Å²) in [5, 5.41) is 22.2. The first kappa shape index (κ1) is 17.4. The lowest BCUT2D eigenvalue weighted by molar-refractivity contribution is -0.385. The Morgan fingerprint density at radius 3 is 2.69 bits per heavy atom. The third-order valence-electron chi connectivity index (χ3n) is 3.64. The SMILES string of the molecule is Cc1ccc(-c2n[nH]c(=S)n2/N=C\C=C\c2ccccc2[N+](=O)[O-])cc1. The number of aryl methyl sites for hydroxylation is 1. The zero-order valence-corrected chi connectivity index (χ0v) is 14.7. The van der Waals surface area contributed by atoms with Crippen molar-refractivity contribution in [1.82, 2.24) is 14.9 Å². The predicted octanol–water partition coefficient (Wildman–Crippen LogP) is 4.37. The molecule has 0 aliphatic heterocycles. The number of H-pyrrole nitrogens is 1. The number of para-hydroxylation sites is 1. The Hall–Kier alpha value is -3.39. The van der Waals surface area contributed by atoms with Crippen LogP contribution in [0.3, 0.4) is 0 Å². The molecule has 0 aliphatic rings. The molecule has 7 nitrogen and oxygen atoms in total. The number of nitrogens with zero attached hydrogens (tertiary/aromatic N) is 4. The Labute approximate surface area is 154 Å². The highest BCUT2D eigenvalue weighted by molar-refractivity contribution is 7.71. The summed E-state index contributed by atoms with van der Waals surface area (Å²) < 4.78 is 1.86. The number of hydrogen-bond acceptors (Lipinski definition) is 5. The Kier molecular flexibility index (Phi) is 5.14. The van der Waals surface area contributed by atoms with E-state index in [0.717, 1.165) is 11.1 Å². The molecule has 0 amide bonds. The van der Waals surface area contributed by atoms with Gasteiger partial charge in [-0.3, -0.25) is 10.1 Å². The Balaban J connectivity index is 1.86. The number of aromatic nitrogens is 3. The monoisotopic (exact) mass is 365 g/mol. The fourth-order valence-electron chi connectivity index (χ4n) is 2.33. The summed E-state index contributed by atoms with van der Waals surface area (Å²) in [6.07, 6.45) is 4.76. The summed E-state index contributed by atoms with van der Waals surface area (Å²) in [4.78, 5) is 10.6. The highest BCUT2D eigenvalue weighted by Gasteiger charge is 2.09. The molecule has 8 heteroatoms. The average molecular weight is 365 g/mol. The van der Waals surface area contributed by atoms with Gasteiger partial charge < -0.3 is 0 Å². The third kappa shape index (κ3) is 3.81. The minimum atomic E-state index is -0.418. The van der Waals surface area contributed by atoms with Crippen LogP contribution in [0.2, 0.25) is 0 Å². The predicted molar refractivity (Wildman–Crippen MR) is 104 cm³/mol. The number of allylic oxidation sites excluding steroid dienone is 1. The summed E-state index contributed by atoms with van der Waals surface area (Å²) in [5.74, 6) is 0.588. The lowest BCUT2D eigenvalue weighted by Gasteiger charge is -2.01. The molecule has 130 valence electrons. The molecule has 0 spiro atoms. The van der Waals surface area contributed by atoms with Gasteiger partial charge in [-0.25, -0.2) is 5.10 Å². The molecule has 0 atom stereocenters. The molecule has 2 aromatic carbocycles. The number of rotatable bonds is 5. The van der Waals surface area contributed by atoms with E-state index in [2.05, 4.69) is 15.3 Å². The molecule has 0 radical (unpaired) electrons. The molecule has 3 aromatic rings. The molecule has 0 fully saturated rings. The average Bonchev–Trinajstić information content (AvgIpc) is 3.00. The van der Waals surface area contributed by atoms with Gasteiger partial charge in [-0.1, -0.05) is 42.0 Å². The van der Waals surface area contributed by atoms with E-state index in [1.54, 1.807) is 30.4 Å². The maximum Gasteiger partial charge on any atom is 0.276 e. The molecular formula is C18H15N5O2S. The fraction of sp³-hybridized carbons (Fsp3) is 0.0556. The number of nitrogens with one attached hydrogen (secondary N) is 1. The summed E-state index contributed by atoms with van der Waals surface area (Å²) >= 11 is 5.21. The van der Waals surface area contributed by atoms with Gasteiger partial charge in [0, 0.05) is 17.8 Å². The minimum absolute atomic E-state index is 0.0393. The van der Waals surface area contributed by atoms with Crippen molar-refractivity contribution in [2.24, 2.45) is 5.10 Å². The van der Waals surface area contributed by atoms with Crippen molar-refractivity contribution in [3.05, 3.63) is 80.6 Å². The Bertz CT molecular complexity index is 1050. The second kappa shape index (κ2) is 7.66. The smallest absolute Gasteiger partial charge is 0.258 e. The van der Waals surface area contributed by atoms with Crippen molar-refractivity contribution in [2.45, 2.75) is 6.92 Å². The quantitative estimate of drug-likeness (QED) is 0.315. The molecule has 3 rings (SSSR count). The number of nitro benzene ring substituents is 1. The van der Waals surface area contributed by atoms with E-state index in [9.17, 15) is 10.1 Å². The standard InChI is InChI=1S/C18H15N5O2S/c1-13-8-10-15(11-9-13)17-20-21-18(26)22(17)19-12-4-6-14-5-2-3-7-16(14)23(24)25/h2-12H,1H3,(H,21,26)/b6-4+,19-12-. The maximum absolute atomic E-state index is 11.0. The highest BCUT2D eigenvalue weighted by Crippen LogP contribution is 2.19. The topological polar surface area (TPSA) is 89.1 Å². The largest absolute Gasteiger partial charge is 0.276 e. The second-order valence-electron chi connectivity index (χ2n) is 5.47. The molecular weight excluding hydrogens is 350 g/mol. The van der Waals surface area contributed by atoms with Crippen LogP contribution in [0.15, 0.2) is 59.7 Å². The van der Waals surface area contributed by atoms with Gasteiger partial charge in [0.15, 0.2) is 5.82 Å². The first-order valence-corrected chi connectivity index (χ1v) is 8.16. The molecule has 0 saturated carbocycles. The van der Waals surface area contributed by atoms with Crippen molar-refractivity contribution < 1.29 is 4.92 Å². The van der Waals surface area contributed by atoms with E-state index >= 15 is 0 Å². The van der Waals surface area contributed by atoms with Crippen LogP contribution in [0.5, 0.6) is 0 Å². The molecule has 0 bridgehead atoms. The lowest BCUT2D eigenvalue weighted by atomic mass is 10.1. The molecule has 1 aromatic heterocycles. The van der Waals surface area contributed by atoms with Crippen LogP contribution in [0, 0.1) is 21.8 Å². The first-order valence-electron chi connectivity index (χ1n) is 7.75. The molecule has 0 unspecified atom stereocenters. The van der Waals surface area contributed by atoms with Gasteiger partial charge in [0.05, 0.1) is 10.5 Å². The van der Waals surface area contributed by atoms with E-state index in [4.69, 9.17) is 12.2 Å². The molecule has 1 N–H and O–H groups in total. The molecule has 26 heavy (non-hydrogen) atoms. The Morgan fingerprint density at radius 1 is 1.23 bits per heavy atom. The zero-order chi connectivity index (χ0) is 18.5. The van der Waals surface area contributed by atoms with Crippen LogP contribution in [0.4, 0.5) is 5.69 Å². The van der Waals surface area contributed by atoms with Gasteiger partial charge in [-0.2, -0.15) is 14.9 Å². The van der Waals surface area contributed by atoms with E-state index in [-0.39, 0.29) is 5.69 Å². The number of hydrogen-bond donors (Lipinski definition) is 1. The van der Waals surface area contributed by atoms with E-state index in [0.29, 0.717) is 16.2 Å². The minimum Gasteiger partial charge on any atom is -0.258 e. The highest BCUT2D eigenvalue weighted by atomic mass is 32.1. The summed E-state index contributed by atoms with van der Waals surface area (Å²) in [6.45, 7) is 2.01. The van der Waals surface area contributed by atoms with Crippen LogP contribution in [0.1, 0.15) is 11.1 Å². The molecule has 1 heterocycles. The van der Waals surface area contributed by atoms with Gasteiger partial charge in [-0.15, -0.1) is 0 Å². The van der Waals surface area contributed by atoms with Crippen molar-refractivity contribution in [3.63, 3.8) is 0 Å². The zero-order valence-electron chi connectivity index (χ0n) is 13.9. The second-order valence-corrected chi connectivity index (χ2v) is 5.86. The van der Waals surface area contributed by atoms with E-state index in [1.165, 1.54) is 17.0 Å². The number of benzene rings is 2. The number of nitro groups is 1. The third-order valence-corrected chi connectivity index (χ3v) is 3.90. The van der Waals surface area contributed by atoms with Gasteiger partial charge in [0.2, 0.25) is 4.77 Å². The van der Waals surface area contributed by atoms with Crippen LogP contribution >= 0.6 is 12.2 Å². The van der Waals surface area contributed by atoms with Gasteiger partial charge in [0.25, 0.3) is 5.69 Å². The molecule has 0 saturated heterocycles. The summed E-state index contributed by atoms with van der Waals surface area (Å²) in [5.41, 5.74) is 2.56. The Morgan fingerprint density at radius 2 is 1.96 bits per heavy atom. The van der Waals surface area contributed by atoms with Crippen molar-refractivity contribution in [2.75, 3.05) is 0 Å². The summed E-state index contributed by atoms with van der Waals surface area (Å²) in [6, 6.07) is 14.3. The first-order chi connectivity index (χ1) is 12.6. The van der Waals surface area contributed by atoms with Crippen LogP contribution in [0.25, 0.3) is 17.5 Å². The van der Waals surface area contributed by atoms with Gasteiger partial charge in [0.1, 0.15) is 0 Å². The van der Waals surface area contributed by atoms with Crippen molar-refractivity contribution in [3.8, 4) is 11.4 Å². The van der Waals surface area contributed by atoms with Crippen molar-refractivity contribution in [1.29, 1.82) is 0 Å². The van der Waals surface area contributed by atoms with E-state index in [1.807, 2.05) is 31.2 Å². The maximum atomic E-state index is 11.0. The summed E-state index contributed by atoms with van der Waals surface area (Å²) in [7, 11) is 0. The van der Waals surface area contributed by atoms with E-state index < -0.39 is 4.92 Å². The van der Waals surface area contributed by atoms with Crippen molar-refractivity contribution >= 4 is 30.2 Å². The normalized spacial score (nSPS) is 11.4. The van der Waals surface area contributed by atoms with Gasteiger partial charge >= 0.3 is 0 Å². The van der Waals surface area contributed by atoms with Crippen LogP contribution in [-0.2, 0) is 0 Å². The fourth-order valence-corrected chi connectivity index (χ4v) is 2.51. The van der Waals surface area contributed by atoms with Crippen LogP contribution < -0.4 is 0 Å². The van der Waals surface area contributed by atoms with Crippen LogP contribution in [-0.4, -0.2) is 26.0 Å². The molecule has 0 aliphatic carbocycles. The lowest BCUT2D eigenvalue weighted by Crippen LogP contribution is -1.94. The number of aromatic amines is 1.